The van der Waals surface area contributed by atoms with Crippen LogP contribution in [-0.4, -0.2) is 23.2 Å². The quantitative estimate of drug-likeness (QED) is 0.806. The molecule has 0 amide bonds. The van der Waals surface area contributed by atoms with E-state index in [1.165, 1.54) is 0 Å². The van der Waals surface area contributed by atoms with E-state index in [0.717, 1.165) is 16.6 Å². The van der Waals surface area contributed by atoms with Crippen LogP contribution in [0.15, 0.2) is 30.7 Å². The number of hydrogen-bond acceptors (Lipinski definition) is 3. The fourth-order valence-corrected chi connectivity index (χ4v) is 1.33. The molecule has 14 heavy (non-hydrogen) atoms. The largest absolute Gasteiger partial charge is 0.382 e. The van der Waals surface area contributed by atoms with Crippen molar-refractivity contribution in [3.05, 3.63) is 30.7 Å². The summed E-state index contributed by atoms with van der Waals surface area (Å²) in [5.41, 5.74) is 1.71. The molecule has 0 aliphatic carbocycles. The van der Waals surface area contributed by atoms with Crippen LogP contribution < -0.4 is 5.32 Å². The molecule has 2 rings (SSSR count). The summed E-state index contributed by atoms with van der Waals surface area (Å²) in [5, 5.41) is 3.96. The van der Waals surface area contributed by atoms with Crippen molar-refractivity contribution in [2.45, 2.75) is 0 Å². The molecule has 2 heterocycles. The highest BCUT2D eigenvalue weighted by Gasteiger charge is 1.99. The van der Waals surface area contributed by atoms with Gasteiger partial charge in [-0.15, -0.1) is 0 Å². The standard InChI is InChI=1S/C10H10FN3/c11-3-6-14-9-2-5-13-10-7-12-4-1-8(9)10/h1-2,4-5,7H,3,6H2,(H,13,14). The van der Waals surface area contributed by atoms with Crippen LogP contribution in [0.5, 0.6) is 0 Å². The van der Waals surface area contributed by atoms with Gasteiger partial charge >= 0.3 is 0 Å². The first-order chi connectivity index (χ1) is 6.92. The van der Waals surface area contributed by atoms with E-state index in [9.17, 15) is 4.39 Å². The number of halogens is 1. The lowest BCUT2D eigenvalue weighted by Gasteiger charge is -2.06. The van der Waals surface area contributed by atoms with Crippen molar-refractivity contribution >= 4 is 16.6 Å². The number of rotatable bonds is 3. The van der Waals surface area contributed by atoms with Gasteiger partial charge in [-0.2, -0.15) is 0 Å². The zero-order chi connectivity index (χ0) is 9.80. The first-order valence-corrected chi connectivity index (χ1v) is 4.40. The molecule has 0 fully saturated rings. The second-order valence-corrected chi connectivity index (χ2v) is 2.87. The molecule has 2 aromatic heterocycles. The van der Waals surface area contributed by atoms with Gasteiger partial charge in [0.05, 0.1) is 11.7 Å². The van der Waals surface area contributed by atoms with Gasteiger partial charge < -0.3 is 5.32 Å². The SMILES string of the molecule is FCCNc1ccnc2cnccc12. The van der Waals surface area contributed by atoms with E-state index >= 15 is 0 Å². The zero-order valence-corrected chi connectivity index (χ0v) is 7.57. The van der Waals surface area contributed by atoms with Gasteiger partial charge in [-0.1, -0.05) is 0 Å². The van der Waals surface area contributed by atoms with Crippen molar-refractivity contribution < 1.29 is 4.39 Å². The minimum Gasteiger partial charge on any atom is -0.382 e. The lowest BCUT2D eigenvalue weighted by atomic mass is 10.2. The third-order valence-corrected chi connectivity index (χ3v) is 1.95. The Morgan fingerprint density at radius 3 is 3.07 bits per heavy atom. The van der Waals surface area contributed by atoms with Gasteiger partial charge in [-0.05, 0) is 12.1 Å². The topological polar surface area (TPSA) is 37.8 Å². The molecule has 1 N–H and O–H groups in total. The Morgan fingerprint density at radius 1 is 1.29 bits per heavy atom. The van der Waals surface area contributed by atoms with Crippen LogP contribution in [0.4, 0.5) is 10.1 Å². The minimum atomic E-state index is -0.380. The van der Waals surface area contributed by atoms with Crippen molar-refractivity contribution in [2.24, 2.45) is 0 Å². The maximum absolute atomic E-state index is 12.0. The predicted octanol–water partition coefficient (Wildman–Crippen LogP) is 2.01. The Morgan fingerprint density at radius 2 is 2.21 bits per heavy atom. The fourth-order valence-electron chi connectivity index (χ4n) is 1.33. The summed E-state index contributed by atoms with van der Waals surface area (Å²) >= 11 is 0. The van der Waals surface area contributed by atoms with Crippen LogP contribution >= 0.6 is 0 Å². The average Bonchev–Trinajstić information content (AvgIpc) is 2.26. The second-order valence-electron chi connectivity index (χ2n) is 2.87. The summed E-state index contributed by atoms with van der Waals surface area (Å²) in [6, 6.07) is 3.70. The molecule has 2 aromatic rings. The Hall–Kier alpha value is -1.71. The maximum atomic E-state index is 12.0. The molecule has 4 heteroatoms. The zero-order valence-electron chi connectivity index (χ0n) is 7.57. The first kappa shape index (κ1) is 8.87. The van der Waals surface area contributed by atoms with Crippen LogP contribution in [0.1, 0.15) is 0 Å². The molecule has 0 spiro atoms. The van der Waals surface area contributed by atoms with Crippen LogP contribution in [-0.2, 0) is 0 Å². The number of pyridine rings is 2. The summed E-state index contributed by atoms with van der Waals surface area (Å²) in [5.74, 6) is 0. The van der Waals surface area contributed by atoms with E-state index in [-0.39, 0.29) is 6.67 Å². The van der Waals surface area contributed by atoms with Gasteiger partial charge in [-0.25, -0.2) is 4.39 Å². The Balaban J connectivity index is 2.43. The van der Waals surface area contributed by atoms with Gasteiger partial charge in [0, 0.05) is 30.0 Å². The molecule has 0 aliphatic heterocycles. The minimum absolute atomic E-state index is 0.321. The fraction of sp³-hybridized carbons (Fsp3) is 0.200. The summed E-state index contributed by atoms with van der Waals surface area (Å²) in [6.07, 6.45) is 5.07. The van der Waals surface area contributed by atoms with Crippen molar-refractivity contribution in [3.63, 3.8) is 0 Å². The Labute approximate surface area is 81.0 Å². The second kappa shape index (κ2) is 4.00. The highest BCUT2D eigenvalue weighted by atomic mass is 19.1. The molecule has 0 bridgehead atoms. The van der Waals surface area contributed by atoms with Crippen molar-refractivity contribution in [1.82, 2.24) is 9.97 Å². The molecule has 0 saturated heterocycles. The molecule has 0 unspecified atom stereocenters. The number of nitrogens with zero attached hydrogens (tertiary/aromatic N) is 2. The third-order valence-electron chi connectivity index (χ3n) is 1.95. The third kappa shape index (κ3) is 1.64. The van der Waals surface area contributed by atoms with E-state index in [4.69, 9.17) is 0 Å². The predicted molar refractivity (Wildman–Crippen MR) is 54.0 cm³/mol. The van der Waals surface area contributed by atoms with Crippen LogP contribution in [0.25, 0.3) is 10.9 Å². The Kier molecular flexibility index (Phi) is 2.53. The summed E-state index contributed by atoms with van der Waals surface area (Å²) < 4.78 is 12.0. The van der Waals surface area contributed by atoms with Gasteiger partial charge in [0.2, 0.25) is 0 Å². The average molecular weight is 191 g/mol. The first-order valence-electron chi connectivity index (χ1n) is 4.40. The molecular formula is C10H10FN3. The van der Waals surface area contributed by atoms with Crippen molar-refractivity contribution in [3.8, 4) is 0 Å². The molecule has 0 saturated carbocycles. The van der Waals surface area contributed by atoms with Crippen molar-refractivity contribution in [1.29, 1.82) is 0 Å². The molecule has 0 aromatic carbocycles. The molecule has 72 valence electrons. The lowest BCUT2D eigenvalue weighted by molar-refractivity contribution is 0.513. The molecule has 0 aliphatic rings. The highest BCUT2D eigenvalue weighted by molar-refractivity contribution is 5.90. The summed E-state index contributed by atoms with van der Waals surface area (Å²) in [7, 11) is 0. The highest BCUT2D eigenvalue weighted by Crippen LogP contribution is 2.19. The van der Waals surface area contributed by atoms with E-state index in [1.807, 2.05) is 12.1 Å². The van der Waals surface area contributed by atoms with E-state index in [0.29, 0.717) is 6.54 Å². The number of aromatic nitrogens is 2. The summed E-state index contributed by atoms with van der Waals surface area (Å²) in [6.45, 7) is -0.0592. The van der Waals surface area contributed by atoms with Gasteiger partial charge in [0.25, 0.3) is 0 Å². The molecule has 0 atom stereocenters. The van der Waals surface area contributed by atoms with Crippen molar-refractivity contribution in [2.75, 3.05) is 18.5 Å². The molecule has 3 nitrogen and oxygen atoms in total. The number of fused-ring (bicyclic) bond motifs is 1. The van der Waals surface area contributed by atoms with Crippen LogP contribution in [0.3, 0.4) is 0 Å². The number of anilines is 1. The van der Waals surface area contributed by atoms with Crippen LogP contribution in [0.2, 0.25) is 0 Å². The Bertz CT molecular complexity index is 425. The number of nitrogens with one attached hydrogen (secondary N) is 1. The molecule has 0 radical (unpaired) electrons. The molecular weight excluding hydrogens is 181 g/mol. The van der Waals surface area contributed by atoms with Gasteiger partial charge in [-0.3, -0.25) is 9.97 Å². The van der Waals surface area contributed by atoms with Gasteiger partial charge in [0.1, 0.15) is 6.67 Å². The summed E-state index contributed by atoms with van der Waals surface area (Å²) in [4.78, 5) is 8.12. The normalized spacial score (nSPS) is 10.4. The lowest BCUT2D eigenvalue weighted by Crippen LogP contribution is -2.03. The van der Waals surface area contributed by atoms with E-state index in [1.54, 1.807) is 18.6 Å². The van der Waals surface area contributed by atoms with E-state index < -0.39 is 0 Å². The number of alkyl halides is 1. The monoisotopic (exact) mass is 191 g/mol. The maximum Gasteiger partial charge on any atom is 0.107 e. The van der Waals surface area contributed by atoms with Crippen LogP contribution in [0, 0.1) is 0 Å². The van der Waals surface area contributed by atoms with E-state index in [2.05, 4.69) is 15.3 Å². The smallest absolute Gasteiger partial charge is 0.107 e. The number of hydrogen-bond donors (Lipinski definition) is 1. The van der Waals surface area contributed by atoms with Gasteiger partial charge in [0.15, 0.2) is 0 Å².